The van der Waals surface area contributed by atoms with Gasteiger partial charge in [-0.3, -0.25) is 4.57 Å². The Labute approximate surface area is 126 Å². The smallest absolute Gasteiger partial charge is 0.238 e. The molecule has 0 aliphatic carbocycles. The summed E-state index contributed by atoms with van der Waals surface area (Å²) >= 11 is 1.46. The number of thioether (sulfide) groups is 1. The van der Waals surface area contributed by atoms with Crippen molar-refractivity contribution in [1.29, 1.82) is 0 Å². The van der Waals surface area contributed by atoms with Gasteiger partial charge in [0.25, 0.3) is 0 Å². The number of hydrogen-bond donors (Lipinski definition) is 2. The lowest BCUT2D eigenvalue weighted by atomic mass is 10.3. The minimum Gasteiger partial charge on any atom is -0.493 e. The van der Waals surface area contributed by atoms with Crippen LogP contribution >= 0.6 is 11.8 Å². The number of anilines is 1. The van der Waals surface area contributed by atoms with Crippen molar-refractivity contribution in [1.82, 2.24) is 14.8 Å². The summed E-state index contributed by atoms with van der Waals surface area (Å²) in [7, 11) is -1.89. The van der Waals surface area contributed by atoms with Crippen LogP contribution < -0.4 is 15.6 Å². The number of nitrogen functional groups attached to an aromatic ring is 1. The Morgan fingerprint density at radius 2 is 1.95 bits per heavy atom. The molecule has 2 rings (SSSR count). The summed E-state index contributed by atoms with van der Waals surface area (Å²) in [4.78, 5) is 0.0544. The number of aromatic nitrogens is 3. The van der Waals surface area contributed by atoms with E-state index in [4.69, 9.17) is 15.6 Å². The molecule has 8 nitrogen and oxygen atoms in total. The van der Waals surface area contributed by atoms with Crippen molar-refractivity contribution in [2.75, 3.05) is 18.1 Å². The SMILES string of the molecule is Cn1c(N)nnc1SCCOc1ccc(S(N)(=O)=O)cc1. The Morgan fingerprint density at radius 3 is 2.48 bits per heavy atom. The molecule has 0 fully saturated rings. The van der Waals surface area contributed by atoms with Gasteiger partial charge in [-0.1, -0.05) is 11.8 Å². The molecule has 2 aromatic rings. The quantitative estimate of drug-likeness (QED) is 0.573. The van der Waals surface area contributed by atoms with Gasteiger partial charge in [-0.05, 0) is 24.3 Å². The van der Waals surface area contributed by atoms with E-state index in [2.05, 4.69) is 10.2 Å². The number of ether oxygens (including phenoxy) is 1. The fourth-order valence-electron chi connectivity index (χ4n) is 1.47. The van der Waals surface area contributed by atoms with E-state index in [0.717, 1.165) is 0 Å². The zero-order chi connectivity index (χ0) is 15.5. The van der Waals surface area contributed by atoms with Gasteiger partial charge in [0.05, 0.1) is 11.5 Å². The summed E-state index contributed by atoms with van der Waals surface area (Å²) in [5, 5.41) is 13.4. The van der Waals surface area contributed by atoms with E-state index in [1.807, 2.05) is 0 Å². The summed E-state index contributed by atoms with van der Waals surface area (Å²) in [6, 6.07) is 5.93. The first kappa shape index (κ1) is 15.6. The number of nitrogens with two attached hydrogens (primary N) is 2. The van der Waals surface area contributed by atoms with Crippen molar-refractivity contribution in [3.63, 3.8) is 0 Å². The van der Waals surface area contributed by atoms with Crippen LogP contribution in [0.2, 0.25) is 0 Å². The number of hydrogen-bond acceptors (Lipinski definition) is 7. The molecule has 0 aliphatic rings. The number of primary sulfonamides is 1. The fraction of sp³-hybridized carbons (Fsp3) is 0.273. The van der Waals surface area contributed by atoms with E-state index >= 15 is 0 Å². The van der Waals surface area contributed by atoms with Gasteiger partial charge >= 0.3 is 0 Å². The van der Waals surface area contributed by atoms with Gasteiger partial charge in [-0.2, -0.15) is 0 Å². The molecule has 1 heterocycles. The highest BCUT2D eigenvalue weighted by molar-refractivity contribution is 7.99. The summed E-state index contributed by atoms with van der Waals surface area (Å²) in [5.41, 5.74) is 5.57. The molecule has 114 valence electrons. The molecule has 0 aliphatic heterocycles. The highest BCUT2D eigenvalue weighted by atomic mass is 32.2. The summed E-state index contributed by atoms with van der Waals surface area (Å²) < 4.78 is 29.4. The molecule has 0 spiro atoms. The van der Waals surface area contributed by atoms with Crippen LogP contribution in [0.5, 0.6) is 5.75 Å². The molecule has 1 aromatic heterocycles. The van der Waals surface area contributed by atoms with Gasteiger partial charge in [-0.15, -0.1) is 10.2 Å². The van der Waals surface area contributed by atoms with E-state index in [0.29, 0.717) is 29.2 Å². The van der Waals surface area contributed by atoms with Crippen LogP contribution in [-0.4, -0.2) is 35.5 Å². The standard InChI is InChI=1S/C11H15N5O3S2/c1-16-10(12)14-15-11(16)20-7-6-19-8-2-4-9(5-3-8)21(13,17)18/h2-5H,6-7H2,1H3,(H2,12,14)(H2,13,17,18). The zero-order valence-corrected chi connectivity index (χ0v) is 12.9. The lowest BCUT2D eigenvalue weighted by Crippen LogP contribution is -2.11. The number of sulfonamides is 1. The highest BCUT2D eigenvalue weighted by Gasteiger charge is 2.08. The lowest BCUT2D eigenvalue weighted by molar-refractivity contribution is 0.343. The Hall–Kier alpha value is -1.78. The molecule has 0 amide bonds. The third-order valence-corrected chi connectivity index (χ3v) is 4.52. The number of benzene rings is 1. The Kier molecular flexibility index (Phi) is 4.70. The van der Waals surface area contributed by atoms with Gasteiger partial charge in [0.15, 0.2) is 5.16 Å². The first-order chi connectivity index (χ1) is 9.88. The minimum absolute atomic E-state index is 0.0544. The molecule has 1 aromatic carbocycles. The lowest BCUT2D eigenvalue weighted by Gasteiger charge is -2.06. The highest BCUT2D eigenvalue weighted by Crippen LogP contribution is 2.18. The van der Waals surface area contributed by atoms with E-state index in [9.17, 15) is 8.42 Å². The molecular formula is C11H15N5O3S2. The van der Waals surface area contributed by atoms with Crippen molar-refractivity contribution in [2.24, 2.45) is 12.2 Å². The Balaban J connectivity index is 1.83. The molecule has 10 heteroatoms. The van der Waals surface area contributed by atoms with Crippen molar-refractivity contribution in [2.45, 2.75) is 10.1 Å². The van der Waals surface area contributed by atoms with Crippen LogP contribution in [0.25, 0.3) is 0 Å². The molecule has 0 saturated carbocycles. The third-order valence-electron chi connectivity index (χ3n) is 2.60. The summed E-state index contributed by atoms with van der Waals surface area (Å²) in [6.45, 7) is 0.437. The molecular weight excluding hydrogens is 314 g/mol. The minimum atomic E-state index is -3.67. The monoisotopic (exact) mass is 329 g/mol. The van der Waals surface area contributed by atoms with Crippen LogP contribution in [0.15, 0.2) is 34.3 Å². The van der Waals surface area contributed by atoms with Crippen LogP contribution in [0.3, 0.4) is 0 Å². The van der Waals surface area contributed by atoms with E-state index in [-0.39, 0.29) is 4.90 Å². The topological polar surface area (TPSA) is 126 Å². The maximum atomic E-state index is 11.1. The summed E-state index contributed by atoms with van der Waals surface area (Å²) in [6.07, 6.45) is 0. The second-order valence-electron chi connectivity index (χ2n) is 4.11. The zero-order valence-electron chi connectivity index (χ0n) is 11.3. The molecule has 21 heavy (non-hydrogen) atoms. The Morgan fingerprint density at radius 1 is 1.29 bits per heavy atom. The van der Waals surface area contributed by atoms with Crippen LogP contribution in [0.1, 0.15) is 0 Å². The number of rotatable bonds is 6. The average Bonchev–Trinajstić information content (AvgIpc) is 2.75. The normalized spacial score (nSPS) is 11.5. The Bertz CT molecular complexity index is 712. The van der Waals surface area contributed by atoms with Gasteiger partial charge < -0.3 is 10.5 Å². The molecule has 4 N–H and O–H groups in total. The first-order valence-corrected chi connectivity index (χ1v) is 8.44. The molecule has 0 bridgehead atoms. The molecule has 0 atom stereocenters. The van der Waals surface area contributed by atoms with Crippen LogP contribution in [0.4, 0.5) is 5.95 Å². The van der Waals surface area contributed by atoms with Crippen molar-refractivity contribution < 1.29 is 13.2 Å². The van der Waals surface area contributed by atoms with E-state index in [1.165, 1.54) is 23.9 Å². The van der Waals surface area contributed by atoms with E-state index < -0.39 is 10.0 Å². The van der Waals surface area contributed by atoms with Crippen molar-refractivity contribution >= 4 is 27.7 Å². The maximum Gasteiger partial charge on any atom is 0.238 e. The maximum absolute atomic E-state index is 11.1. The molecule has 0 radical (unpaired) electrons. The van der Waals surface area contributed by atoms with Gasteiger partial charge in [-0.25, -0.2) is 13.6 Å². The van der Waals surface area contributed by atoms with Gasteiger partial charge in [0.1, 0.15) is 5.75 Å². The molecule has 0 saturated heterocycles. The number of nitrogens with zero attached hydrogens (tertiary/aromatic N) is 3. The van der Waals surface area contributed by atoms with Crippen molar-refractivity contribution in [3.8, 4) is 5.75 Å². The average molecular weight is 329 g/mol. The second-order valence-corrected chi connectivity index (χ2v) is 6.74. The van der Waals surface area contributed by atoms with E-state index in [1.54, 1.807) is 23.7 Å². The van der Waals surface area contributed by atoms with Crippen molar-refractivity contribution in [3.05, 3.63) is 24.3 Å². The fourth-order valence-corrected chi connectivity index (χ4v) is 2.72. The third kappa shape index (κ3) is 4.09. The predicted molar refractivity (Wildman–Crippen MR) is 79.4 cm³/mol. The molecule has 0 unspecified atom stereocenters. The first-order valence-electron chi connectivity index (χ1n) is 5.91. The van der Waals surface area contributed by atoms with Gasteiger partial charge in [0.2, 0.25) is 16.0 Å². The van der Waals surface area contributed by atoms with Crippen LogP contribution in [-0.2, 0) is 17.1 Å². The second kappa shape index (κ2) is 6.33. The van der Waals surface area contributed by atoms with Crippen LogP contribution in [0, 0.1) is 0 Å². The predicted octanol–water partition coefficient (Wildman–Crippen LogP) is 0.216. The largest absolute Gasteiger partial charge is 0.493 e. The summed E-state index contributed by atoms with van der Waals surface area (Å²) in [5.74, 6) is 1.58. The van der Waals surface area contributed by atoms with Gasteiger partial charge in [0, 0.05) is 12.8 Å².